The summed E-state index contributed by atoms with van der Waals surface area (Å²) in [4.78, 5) is 26.9. The Hall–Kier alpha value is -3.50. The Kier molecular flexibility index (Phi) is 5.42. The molecule has 1 spiro atoms. The molecule has 2 fully saturated rings. The van der Waals surface area contributed by atoms with E-state index in [4.69, 9.17) is 21.3 Å². The molecule has 0 bridgehead atoms. The standard InChI is InChI=1S/C24H21ClFN5O4/c25-35-23(32)16-5-14(26)1-2-19(16)34-21-10-28-13-30-22(21)31-11-24(12-31)6-15(7-24)33-20-3-4-29-18-9-27-8-17(18)20/h1-5,10,13,15,27H,6-9,11-12H2. The van der Waals surface area contributed by atoms with Gasteiger partial charge in [-0.25, -0.2) is 19.2 Å². The van der Waals surface area contributed by atoms with Crippen molar-refractivity contribution in [3.63, 3.8) is 0 Å². The number of ether oxygens (including phenoxy) is 2. The molecule has 1 aliphatic carbocycles. The van der Waals surface area contributed by atoms with Gasteiger partial charge >= 0.3 is 5.97 Å². The van der Waals surface area contributed by atoms with Crippen LogP contribution in [-0.4, -0.2) is 40.1 Å². The molecule has 4 heterocycles. The molecule has 3 aromatic rings. The summed E-state index contributed by atoms with van der Waals surface area (Å²) in [6.07, 6.45) is 6.84. The highest BCUT2D eigenvalue weighted by Crippen LogP contribution is 2.52. The molecule has 2 aromatic heterocycles. The predicted molar refractivity (Wildman–Crippen MR) is 123 cm³/mol. The molecule has 1 aromatic carbocycles. The number of carbonyl (C=O) groups excluding carboxylic acids is 1. The maximum Gasteiger partial charge on any atom is 0.360 e. The van der Waals surface area contributed by atoms with Crippen molar-refractivity contribution in [2.75, 3.05) is 18.0 Å². The zero-order valence-corrected chi connectivity index (χ0v) is 19.3. The molecule has 11 heteroatoms. The van der Waals surface area contributed by atoms with Crippen LogP contribution in [-0.2, 0) is 17.4 Å². The third kappa shape index (κ3) is 4.02. The molecule has 3 aliphatic rings. The average Bonchev–Trinajstić information content (AvgIpc) is 3.31. The van der Waals surface area contributed by atoms with E-state index < -0.39 is 11.8 Å². The van der Waals surface area contributed by atoms with E-state index >= 15 is 0 Å². The van der Waals surface area contributed by atoms with Crippen LogP contribution < -0.4 is 19.7 Å². The number of nitrogens with one attached hydrogen (secondary N) is 1. The number of halogens is 2. The van der Waals surface area contributed by atoms with Gasteiger partial charge in [0, 0.05) is 43.4 Å². The molecule has 0 radical (unpaired) electrons. The molecule has 35 heavy (non-hydrogen) atoms. The van der Waals surface area contributed by atoms with Crippen molar-refractivity contribution in [2.45, 2.75) is 32.0 Å². The van der Waals surface area contributed by atoms with Gasteiger partial charge in [-0.1, -0.05) is 0 Å². The summed E-state index contributed by atoms with van der Waals surface area (Å²) in [6.45, 7) is 3.18. The van der Waals surface area contributed by atoms with Crippen LogP contribution in [0.15, 0.2) is 43.0 Å². The Morgan fingerprint density at radius 1 is 1.14 bits per heavy atom. The first-order valence-corrected chi connectivity index (χ1v) is 11.5. The number of aromatic nitrogens is 3. The number of rotatable bonds is 6. The normalized spacial score (nSPS) is 17.9. The first-order chi connectivity index (χ1) is 17.0. The largest absolute Gasteiger partial charge is 0.490 e. The molecular weight excluding hydrogens is 477 g/mol. The van der Waals surface area contributed by atoms with Gasteiger partial charge < -0.3 is 24.0 Å². The summed E-state index contributed by atoms with van der Waals surface area (Å²) in [5, 5.41) is 3.31. The van der Waals surface area contributed by atoms with E-state index in [0.717, 1.165) is 62.1 Å². The number of anilines is 1. The number of benzene rings is 1. The second-order valence-corrected chi connectivity index (χ2v) is 9.31. The van der Waals surface area contributed by atoms with Crippen molar-refractivity contribution in [3.05, 3.63) is 65.6 Å². The number of pyridine rings is 1. The van der Waals surface area contributed by atoms with E-state index in [9.17, 15) is 9.18 Å². The summed E-state index contributed by atoms with van der Waals surface area (Å²) in [5.74, 6) is 0.442. The Bertz CT molecular complexity index is 1290. The van der Waals surface area contributed by atoms with Gasteiger partial charge in [-0.3, -0.25) is 4.98 Å². The minimum Gasteiger partial charge on any atom is -0.490 e. The van der Waals surface area contributed by atoms with Gasteiger partial charge in [-0.2, -0.15) is 0 Å². The van der Waals surface area contributed by atoms with Gasteiger partial charge in [0.15, 0.2) is 11.6 Å². The van der Waals surface area contributed by atoms with Crippen molar-refractivity contribution in [1.82, 2.24) is 20.3 Å². The van der Waals surface area contributed by atoms with E-state index in [0.29, 0.717) is 11.6 Å². The van der Waals surface area contributed by atoms with Crippen molar-refractivity contribution in [2.24, 2.45) is 5.41 Å². The summed E-state index contributed by atoms with van der Waals surface area (Å²) < 4.78 is 30.1. The fourth-order valence-electron chi connectivity index (χ4n) is 5.14. The molecule has 2 aliphatic heterocycles. The molecule has 1 N–H and O–H groups in total. The van der Waals surface area contributed by atoms with Crippen LogP contribution >= 0.6 is 11.9 Å². The van der Waals surface area contributed by atoms with Crippen molar-refractivity contribution < 1.29 is 22.9 Å². The zero-order valence-electron chi connectivity index (χ0n) is 18.5. The predicted octanol–water partition coefficient (Wildman–Crippen LogP) is 3.76. The van der Waals surface area contributed by atoms with Crippen molar-refractivity contribution in [3.8, 4) is 17.2 Å². The molecule has 6 rings (SSSR count). The minimum atomic E-state index is -0.918. The van der Waals surface area contributed by atoms with Crippen LogP contribution in [0, 0.1) is 11.2 Å². The highest BCUT2D eigenvalue weighted by molar-refractivity contribution is 6.16. The molecule has 180 valence electrons. The average molecular weight is 498 g/mol. The third-order valence-electron chi connectivity index (χ3n) is 6.77. The lowest BCUT2D eigenvalue weighted by atomic mass is 9.61. The molecule has 1 saturated heterocycles. The smallest absolute Gasteiger partial charge is 0.360 e. The summed E-state index contributed by atoms with van der Waals surface area (Å²) in [7, 11) is 0. The van der Waals surface area contributed by atoms with E-state index in [1.54, 1.807) is 6.20 Å². The maximum absolute atomic E-state index is 13.7. The Balaban J connectivity index is 1.12. The first-order valence-electron chi connectivity index (χ1n) is 11.2. The maximum atomic E-state index is 13.7. The van der Waals surface area contributed by atoms with E-state index in [1.165, 1.54) is 24.7 Å². The first kappa shape index (κ1) is 22.0. The summed E-state index contributed by atoms with van der Waals surface area (Å²) in [5.41, 5.74) is 2.26. The number of fused-ring (bicyclic) bond motifs is 1. The van der Waals surface area contributed by atoms with Crippen LogP contribution in [0.1, 0.15) is 34.5 Å². The van der Waals surface area contributed by atoms with Crippen molar-refractivity contribution in [1.29, 1.82) is 0 Å². The Labute approximate surface area is 205 Å². The second-order valence-electron chi connectivity index (χ2n) is 9.16. The number of hydrogen-bond donors (Lipinski definition) is 1. The van der Waals surface area contributed by atoms with E-state index in [2.05, 4.69) is 29.5 Å². The second kappa shape index (κ2) is 8.62. The number of hydrogen-bond acceptors (Lipinski definition) is 9. The number of nitrogens with zero attached hydrogens (tertiary/aromatic N) is 4. The lowest BCUT2D eigenvalue weighted by Gasteiger charge is -2.58. The van der Waals surface area contributed by atoms with Crippen LogP contribution in [0.25, 0.3) is 0 Å². The van der Waals surface area contributed by atoms with Crippen LogP contribution in [0.2, 0.25) is 0 Å². The van der Waals surface area contributed by atoms with Gasteiger partial charge in [0.1, 0.15) is 47.2 Å². The Morgan fingerprint density at radius 3 is 2.83 bits per heavy atom. The molecule has 9 nitrogen and oxygen atoms in total. The molecule has 0 amide bonds. The fourth-order valence-corrected chi connectivity index (χ4v) is 5.23. The highest BCUT2D eigenvalue weighted by Gasteiger charge is 2.54. The number of carbonyl (C=O) groups is 1. The monoisotopic (exact) mass is 497 g/mol. The van der Waals surface area contributed by atoms with Gasteiger partial charge in [0.05, 0.1) is 11.9 Å². The SMILES string of the molecule is O=C(OCl)c1cc(F)ccc1Oc1cncnc1N1CC2(CC(Oc3ccnc4c3CNC4)C2)C1. The van der Waals surface area contributed by atoms with Crippen molar-refractivity contribution >= 4 is 23.7 Å². The quantitative estimate of drug-likeness (QED) is 0.545. The van der Waals surface area contributed by atoms with Crippen LogP contribution in [0.5, 0.6) is 17.2 Å². The topological polar surface area (TPSA) is 98.7 Å². The third-order valence-corrected chi connectivity index (χ3v) is 6.91. The van der Waals surface area contributed by atoms with E-state index in [1.807, 2.05) is 6.07 Å². The molecule has 0 atom stereocenters. The lowest BCUT2D eigenvalue weighted by molar-refractivity contribution is -0.0348. The van der Waals surface area contributed by atoms with Crippen LogP contribution in [0.4, 0.5) is 10.2 Å². The zero-order chi connectivity index (χ0) is 24.0. The van der Waals surface area contributed by atoms with Crippen LogP contribution in [0.3, 0.4) is 0 Å². The highest BCUT2D eigenvalue weighted by atomic mass is 35.5. The molecule has 1 saturated carbocycles. The fraction of sp³-hybridized carbons (Fsp3) is 0.333. The Morgan fingerprint density at radius 2 is 2.00 bits per heavy atom. The lowest BCUT2D eigenvalue weighted by Crippen LogP contribution is -2.65. The van der Waals surface area contributed by atoms with Gasteiger partial charge in [-0.05, 0) is 37.1 Å². The minimum absolute atomic E-state index is 0.0971. The van der Waals surface area contributed by atoms with Gasteiger partial charge in [0.25, 0.3) is 0 Å². The molecule has 0 unspecified atom stereocenters. The summed E-state index contributed by atoms with van der Waals surface area (Å²) in [6, 6.07) is 5.47. The summed E-state index contributed by atoms with van der Waals surface area (Å²) >= 11 is 5.19. The van der Waals surface area contributed by atoms with Gasteiger partial charge in [0.2, 0.25) is 0 Å². The van der Waals surface area contributed by atoms with E-state index in [-0.39, 0.29) is 22.8 Å². The van der Waals surface area contributed by atoms with Gasteiger partial charge in [-0.15, -0.1) is 0 Å². The molecular formula is C24H21ClFN5O4.